The summed E-state index contributed by atoms with van der Waals surface area (Å²) in [6.07, 6.45) is 0.382. The summed E-state index contributed by atoms with van der Waals surface area (Å²) < 4.78 is 30.1. The third-order valence-electron chi connectivity index (χ3n) is 4.06. The molecule has 1 amide bonds. The van der Waals surface area contributed by atoms with Gasteiger partial charge in [0.2, 0.25) is 5.91 Å². The zero-order valence-electron chi connectivity index (χ0n) is 15.8. The van der Waals surface area contributed by atoms with Gasteiger partial charge in [0.15, 0.2) is 5.16 Å². The van der Waals surface area contributed by atoms with Crippen LogP contribution in [0.1, 0.15) is 6.42 Å². The summed E-state index contributed by atoms with van der Waals surface area (Å²) in [5, 5.41) is 12.6. The molecular weight excluding hydrogens is 416 g/mol. The van der Waals surface area contributed by atoms with Crippen molar-refractivity contribution in [3.63, 3.8) is 0 Å². The van der Waals surface area contributed by atoms with Gasteiger partial charge in [0, 0.05) is 18.8 Å². The van der Waals surface area contributed by atoms with Crippen LogP contribution in [0, 0.1) is 0 Å². The molecule has 30 heavy (non-hydrogen) atoms. The van der Waals surface area contributed by atoms with Gasteiger partial charge in [0.1, 0.15) is 5.75 Å². The van der Waals surface area contributed by atoms with Crippen molar-refractivity contribution < 1.29 is 23.4 Å². The molecule has 0 saturated heterocycles. The lowest BCUT2D eigenvalue weighted by atomic mass is 10.2. The van der Waals surface area contributed by atoms with Crippen LogP contribution in [-0.2, 0) is 11.3 Å². The first-order valence-electron chi connectivity index (χ1n) is 9.06. The average molecular weight is 435 g/mol. The topological polar surface area (TPSA) is 93.5 Å². The molecule has 0 atom stereocenters. The summed E-state index contributed by atoms with van der Waals surface area (Å²) in [6, 6.07) is 12.5. The van der Waals surface area contributed by atoms with Gasteiger partial charge in [-0.05, 0) is 42.8 Å². The van der Waals surface area contributed by atoms with Crippen LogP contribution in [0.4, 0.5) is 14.5 Å². The smallest absolute Gasteiger partial charge is 0.387 e. The van der Waals surface area contributed by atoms with Gasteiger partial charge >= 0.3 is 6.61 Å². The minimum atomic E-state index is -2.92. The fraction of sp³-hybridized carbons (Fsp3) is 0.250. The summed E-state index contributed by atoms with van der Waals surface area (Å²) in [5.41, 5.74) is 0.721. The Morgan fingerprint density at radius 3 is 2.63 bits per heavy atom. The molecule has 3 aromatic rings. The van der Waals surface area contributed by atoms with Crippen LogP contribution in [0.2, 0.25) is 0 Å². The van der Waals surface area contributed by atoms with E-state index in [2.05, 4.69) is 15.0 Å². The number of fused-ring (bicyclic) bond motifs is 1. The van der Waals surface area contributed by atoms with Crippen molar-refractivity contribution in [2.45, 2.75) is 24.7 Å². The minimum Gasteiger partial charge on any atom is -0.435 e. The Morgan fingerprint density at radius 1 is 1.20 bits per heavy atom. The van der Waals surface area contributed by atoms with Crippen molar-refractivity contribution in [3.8, 4) is 5.75 Å². The Kier molecular flexibility index (Phi) is 7.36. The number of aromatic nitrogens is 2. The lowest BCUT2D eigenvalue weighted by Gasteiger charge is -2.12. The van der Waals surface area contributed by atoms with E-state index < -0.39 is 6.61 Å². The van der Waals surface area contributed by atoms with Crippen molar-refractivity contribution in [1.29, 1.82) is 0 Å². The molecule has 3 rings (SSSR count). The number of carbonyl (C=O) groups excluding carboxylic acids is 1. The van der Waals surface area contributed by atoms with E-state index in [1.54, 1.807) is 24.3 Å². The number of nitrogens with zero attached hydrogens (tertiary/aromatic N) is 2. The molecule has 2 aromatic carbocycles. The number of alkyl halides is 2. The van der Waals surface area contributed by atoms with Crippen molar-refractivity contribution in [2.24, 2.45) is 0 Å². The Bertz CT molecular complexity index is 1070. The summed E-state index contributed by atoms with van der Waals surface area (Å²) in [4.78, 5) is 29.5. The molecule has 2 N–H and O–H groups in total. The normalized spacial score (nSPS) is 11.1. The van der Waals surface area contributed by atoms with Gasteiger partial charge in [-0.15, -0.1) is 0 Å². The molecule has 0 unspecified atom stereocenters. The number of thioether (sulfide) groups is 1. The molecule has 7 nitrogen and oxygen atoms in total. The van der Waals surface area contributed by atoms with Gasteiger partial charge in [0.05, 0.1) is 16.7 Å². The molecule has 0 bridgehead atoms. The van der Waals surface area contributed by atoms with E-state index in [-0.39, 0.29) is 36.1 Å². The molecule has 10 heteroatoms. The molecule has 0 fully saturated rings. The van der Waals surface area contributed by atoms with Gasteiger partial charge in [0.25, 0.3) is 5.56 Å². The average Bonchev–Trinajstić information content (AvgIpc) is 2.73. The number of ether oxygens (including phenoxy) is 1. The Morgan fingerprint density at radius 2 is 1.93 bits per heavy atom. The highest BCUT2D eigenvalue weighted by Crippen LogP contribution is 2.20. The van der Waals surface area contributed by atoms with E-state index in [0.29, 0.717) is 28.2 Å². The maximum Gasteiger partial charge on any atom is 0.387 e. The van der Waals surface area contributed by atoms with Crippen molar-refractivity contribution in [3.05, 3.63) is 58.9 Å². The Labute approximate surface area is 174 Å². The first kappa shape index (κ1) is 21.7. The lowest BCUT2D eigenvalue weighted by Crippen LogP contribution is -2.24. The number of carbonyl (C=O) groups is 1. The zero-order valence-corrected chi connectivity index (χ0v) is 16.6. The summed E-state index contributed by atoms with van der Waals surface area (Å²) in [5.74, 6) is -0.372. The molecule has 0 aliphatic carbocycles. The summed E-state index contributed by atoms with van der Waals surface area (Å²) >= 11 is 1.10. The van der Waals surface area contributed by atoms with Crippen LogP contribution >= 0.6 is 11.8 Å². The lowest BCUT2D eigenvalue weighted by molar-refractivity contribution is -0.113. The quantitative estimate of drug-likeness (QED) is 0.396. The Hall–Kier alpha value is -2.98. The van der Waals surface area contributed by atoms with E-state index in [9.17, 15) is 18.4 Å². The second-order valence-electron chi connectivity index (χ2n) is 6.19. The molecule has 1 heterocycles. The number of hydrogen-bond acceptors (Lipinski definition) is 6. The maximum absolute atomic E-state index is 12.8. The number of anilines is 1. The number of halogens is 2. The minimum absolute atomic E-state index is 0.00867. The third-order valence-corrected chi connectivity index (χ3v) is 5.04. The van der Waals surface area contributed by atoms with Crippen LogP contribution in [0.25, 0.3) is 10.9 Å². The van der Waals surface area contributed by atoms with Crippen molar-refractivity contribution >= 4 is 34.3 Å². The number of aliphatic hydroxyl groups is 1. The van der Waals surface area contributed by atoms with Crippen LogP contribution in [0.3, 0.4) is 0 Å². The second kappa shape index (κ2) is 10.2. The van der Waals surface area contributed by atoms with Crippen LogP contribution in [0.15, 0.2) is 58.5 Å². The van der Waals surface area contributed by atoms with Gasteiger partial charge in [-0.25, -0.2) is 4.98 Å². The van der Waals surface area contributed by atoms with Crippen LogP contribution < -0.4 is 15.6 Å². The SMILES string of the molecule is O=C(CSc1nc2ccccc2c(=O)n1CCCO)Nc1ccc(OC(F)F)cc1. The molecular formula is C20H19F2N3O4S. The van der Waals surface area contributed by atoms with Crippen molar-refractivity contribution in [2.75, 3.05) is 17.7 Å². The van der Waals surface area contributed by atoms with E-state index in [4.69, 9.17) is 5.11 Å². The monoisotopic (exact) mass is 435 g/mol. The highest BCUT2D eigenvalue weighted by atomic mass is 32.2. The fourth-order valence-electron chi connectivity index (χ4n) is 2.73. The largest absolute Gasteiger partial charge is 0.435 e. The highest BCUT2D eigenvalue weighted by molar-refractivity contribution is 7.99. The standard InChI is InChI=1S/C20H19F2N3O4S/c21-19(22)29-14-8-6-13(7-9-14)23-17(27)12-30-20-24-16-5-2-1-4-15(16)18(28)25(20)10-3-11-26/h1-2,4-9,19,26H,3,10-12H2,(H,23,27). The summed E-state index contributed by atoms with van der Waals surface area (Å²) in [6.45, 7) is -2.71. The van der Waals surface area contributed by atoms with Crippen LogP contribution in [0.5, 0.6) is 5.75 Å². The Balaban J connectivity index is 1.71. The second-order valence-corrected chi connectivity index (χ2v) is 7.13. The number of hydrogen-bond donors (Lipinski definition) is 2. The molecule has 1 aromatic heterocycles. The first-order chi connectivity index (χ1) is 14.5. The number of rotatable bonds is 9. The maximum atomic E-state index is 12.8. The molecule has 0 aliphatic rings. The number of amides is 1. The van der Waals surface area contributed by atoms with E-state index in [1.807, 2.05) is 0 Å². The van der Waals surface area contributed by atoms with Gasteiger partial charge < -0.3 is 15.2 Å². The van der Waals surface area contributed by atoms with Crippen molar-refractivity contribution in [1.82, 2.24) is 9.55 Å². The predicted molar refractivity (Wildman–Crippen MR) is 110 cm³/mol. The van der Waals surface area contributed by atoms with Crippen LogP contribution in [-0.4, -0.2) is 39.5 Å². The molecule has 0 spiro atoms. The number of aliphatic hydroxyl groups excluding tert-OH is 1. The van der Waals surface area contributed by atoms with E-state index in [1.165, 1.54) is 28.8 Å². The third kappa shape index (κ3) is 5.55. The first-order valence-corrected chi connectivity index (χ1v) is 10.0. The summed E-state index contributed by atoms with van der Waals surface area (Å²) in [7, 11) is 0. The fourth-order valence-corrected chi connectivity index (χ4v) is 3.56. The molecule has 158 valence electrons. The van der Waals surface area contributed by atoms with Gasteiger partial charge in [-0.2, -0.15) is 8.78 Å². The number of para-hydroxylation sites is 1. The van der Waals surface area contributed by atoms with Gasteiger partial charge in [-0.1, -0.05) is 23.9 Å². The molecule has 0 aliphatic heterocycles. The van der Waals surface area contributed by atoms with Gasteiger partial charge in [-0.3, -0.25) is 14.2 Å². The number of benzene rings is 2. The number of nitrogens with one attached hydrogen (secondary N) is 1. The molecule has 0 radical (unpaired) electrons. The predicted octanol–water partition coefficient (Wildman–Crippen LogP) is 3.11. The van der Waals surface area contributed by atoms with E-state index in [0.717, 1.165) is 11.8 Å². The zero-order chi connectivity index (χ0) is 21.5. The molecule has 0 saturated carbocycles. The highest BCUT2D eigenvalue weighted by Gasteiger charge is 2.13. The van der Waals surface area contributed by atoms with E-state index >= 15 is 0 Å².